The molecule has 0 saturated heterocycles. The number of nitrogens with zero attached hydrogens (tertiary/aromatic N) is 6. The number of anilines is 1. The lowest BCUT2D eigenvalue weighted by molar-refractivity contribution is 0.0949. The minimum absolute atomic E-state index is 0.0478. The molecule has 3 N–H and O–H groups in total. The van der Waals surface area contributed by atoms with Gasteiger partial charge in [0.25, 0.3) is 5.91 Å². The first-order chi connectivity index (χ1) is 11.6. The number of nitrogen functional groups attached to an aromatic ring is 1. The van der Waals surface area contributed by atoms with E-state index in [2.05, 4.69) is 58.4 Å². The van der Waals surface area contributed by atoms with Gasteiger partial charge in [0.2, 0.25) is 11.6 Å². The van der Waals surface area contributed by atoms with E-state index in [9.17, 15) is 4.79 Å². The zero-order valence-electron chi connectivity index (χ0n) is 12.3. The van der Waals surface area contributed by atoms with Gasteiger partial charge in [-0.2, -0.15) is 9.78 Å². The summed E-state index contributed by atoms with van der Waals surface area (Å²) in [6, 6.07) is 7.66. The molecule has 2 aromatic heterocycles. The van der Waals surface area contributed by atoms with Crippen LogP contribution in [0.25, 0.3) is 5.82 Å². The van der Waals surface area contributed by atoms with Crippen LogP contribution in [0.4, 0.5) is 5.82 Å². The lowest BCUT2D eigenvalue weighted by atomic mass is 10.2. The number of hydrogen-bond acceptors (Lipinski definition) is 8. The van der Waals surface area contributed by atoms with Crippen molar-refractivity contribution in [1.29, 1.82) is 0 Å². The Labute approximate surface area is 149 Å². The van der Waals surface area contributed by atoms with E-state index in [0.29, 0.717) is 5.69 Å². The normalized spacial score (nSPS) is 11.1. The van der Waals surface area contributed by atoms with Gasteiger partial charge in [-0.05, 0) is 57.5 Å². The summed E-state index contributed by atoms with van der Waals surface area (Å²) in [7, 11) is 0. The third-order valence-electron chi connectivity index (χ3n) is 3.03. The van der Waals surface area contributed by atoms with Gasteiger partial charge in [0, 0.05) is 3.57 Å². The molecule has 0 saturated carbocycles. The number of hydrazone groups is 1. The number of amides is 1. The molecular formula is C13H11IN8O2. The van der Waals surface area contributed by atoms with Crippen molar-refractivity contribution in [2.75, 3.05) is 5.73 Å². The van der Waals surface area contributed by atoms with Crippen LogP contribution in [0.1, 0.15) is 21.7 Å². The summed E-state index contributed by atoms with van der Waals surface area (Å²) in [6.07, 6.45) is 1.54. The summed E-state index contributed by atoms with van der Waals surface area (Å²) < 4.78 is 6.85. The van der Waals surface area contributed by atoms with Crippen LogP contribution in [0, 0.1) is 10.5 Å². The number of benzene rings is 1. The maximum Gasteiger partial charge on any atom is 0.293 e. The average Bonchev–Trinajstić information content (AvgIpc) is 3.13. The standard InChI is InChI=1S/C13H11IN8O2/c1-7-10(17-21-22(7)12-11(15)19-24-20-12)13(23)18-16-6-8-3-2-4-9(14)5-8/h2-6H,1H3,(H2,15,19)(H,18,23)/b16-6-. The Bertz CT molecular complexity index is 916. The highest BCUT2D eigenvalue weighted by Crippen LogP contribution is 2.14. The van der Waals surface area contributed by atoms with Crippen molar-refractivity contribution in [3.8, 4) is 5.82 Å². The van der Waals surface area contributed by atoms with Gasteiger partial charge < -0.3 is 5.73 Å². The van der Waals surface area contributed by atoms with Gasteiger partial charge in [-0.3, -0.25) is 4.79 Å². The molecule has 2 heterocycles. The summed E-state index contributed by atoms with van der Waals surface area (Å²) in [4.78, 5) is 12.2. The Morgan fingerprint density at radius 2 is 2.29 bits per heavy atom. The highest BCUT2D eigenvalue weighted by molar-refractivity contribution is 14.1. The Morgan fingerprint density at radius 1 is 1.46 bits per heavy atom. The molecule has 24 heavy (non-hydrogen) atoms. The molecule has 1 aromatic carbocycles. The van der Waals surface area contributed by atoms with E-state index in [1.54, 1.807) is 13.1 Å². The van der Waals surface area contributed by atoms with Gasteiger partial charge in [-0.15, -0.1) is 5.10 Å². The van der Waals surface area contributed by atoms with Crippen LogP contribution >= 0.6 is 22.6 Å². The van der Waals surface area contributed by atoms with E-state index >= 15 is 0 Å². The van der Waals surface area contributed by atoms with E-state index in [0.717, 1.165) is 9.13 Å². The number of aromatic nitrogens is 5. The fourth-order valence-electron chi connectivity index (χ4n) is 1.88. The molecule has 1 amide bonds. The summed E-state index contributed by atoms with van der Waals surface area (Å²) in [6.45, 7) is 1.65. The van der Waals surface area contributed by atoms with Gasteiger partial charge in [-0.25, -0.2) is 10.1 Å². The largest absolute Gasteiger partial charge is 0.378 e. The first kappa shape index (κ1) is 16.0. The number of carbonyl (C=O) groups is 1. The third kappa shape index (κ3) is 3.24. The minimum Gasteiger partial charge on any atom is -0.378 e. The number of nitrogens with one attached hydrogen (secondary N) is 1. The number of halogens is 1. The van der Waals surface area contributed by atoms with Crippen LogP contribution in [0.5, 0.6) is 0 Å². The second-order valence-corrected chi connectivity index (χ2v) is 5.91. The van der Waals surface area contributed by atoms with Crippen LogP contribution in [-0.4, -0.2) is 37.4 Å². The summed E-state index contributed by atoms with van der Waals surface area (Å²) in [5.41, 5.74) is 9.39. The van der Waals surface area contributed by atoms with Crippen molar-refractivity contribution >= 4 is 40.5 Å². The molecule has 0 unspecified atom stereocenters. The maximum absolute atomic E-state index is 12.2. The number of nitrogens with two attached hydrogens (primary N) is 1. The predicted octanol–water partition coefficient (Wildman–Crippen LogP) is 0.909. The quantitative estimate of drug-likeness (QED) is 0.351. The summed E-state index contributed by atoms with van der Waals surface area (Å²) in [5.74, 6) is -0.288. The Kier molecular flexibility index (Phi) is 4.50. The molecule has 122 valence electrons. The number of carbonyl (C=O) groups excluding carboxylic acids is 1. The van der Waals surface area contributed by atoms with Crippen molar-refractivity contribution in [2.24, 2.45) is 5.10 Å². The van der Waals surface area contributed by atoms with E-state index in [1.165, 1.54) is 4.68 Å². The topological polar surface area (TPSA) is 137 Å². The van der Waals surface area contributed by atoms with E-state index in [4.69, 9.17) is 5.73 Å². The molecule has 0 radical (unpaired) electrons. The maximum atomic E-state index is 12.2. The van der Waals surface area contributed by atoms with Crippen molar-refractivity contribution in [3.05, 3.63) is 44.8 Å². The molecule has 10 nitrogen and oxygen atoms in total. The average molecular weight is 438 g/mol. The molecule has 3 aromatic rings. The Balaban J connectivity index is 1.74. The fraction of sp³-hybridized carbons (Fsp3) is 0.0769. The summed E-state index contributed by atoms with van der Waals surface area (Å²) in [5, 5.41) is 18.6. The molecule has 0 fully saturated rings. The third-order valence-corrected chi connectivity index (χ3v) is 3.71. The smallest absolute Gasteiger partial charge is 0.293 e. The van der Waals surface area contributed by atoms with Gasteiger partial charge in [0.05, 0.1) is 11.9 Å². The molecule has 11 heteroatoms. The van der Waals surface area contributed by atoms with Gasteiger partial charge in [0.15, 0.2) is 5.69 Å². The van der Waals surface area contributed by atoms with Crippen molar-refractivity contribution in [3.63, 3.8) is 0 Å². The fourth-order valence-corrected chi connectivity index (χ4v) is 2.45. The zero-order valence-corrected chi connectivity index (χ0v) is 14.5. The molecule has 0 aliphatic rings. The monoisotopic (exact) mass is 438 g/mol. The predicted molar refractivity (Wildman–Crippen MR) is 92.6 cm³/mol. The highest BCUT2D eigenvalue weighted by Gasteiger charge is 2.20. The van der Waals surface area contributed by atoms with E-state index in [-0.39, 0.29) is 17.3 Å². The second kappa shape index (κ2) is 6.74. The second-order valence-electron chi connectivity index (χ2n) is 4.66. The van der Waals surface area contributed by atoms with E-state index in [1.807, 2.05) is 24.3 Å². The van der Waals surface area contributed by atoms with Crippen LogP contribution in [0.2, 0.25) is 0 Å². The van der Waals surface area contributed by atoms with Crippen LogP contribution < -0.4 is 11.2 Å². The SMILES string of the molecule is Cc1c(C(=O)N/N=C\c2cccc(I)c2)nnn1-c1nonc1N. The van der Waals surface area contributed by atoms with Crippen molar-refractivity contribution in [1.82, 2.24) is 30.7 Å². The van der Waals surface area contributed by atoms with Crippen LogP contribution in [-0.2, 0) is 0 Å². The number of hydrogen-bond donors (Lipinski definition) is 2. The first-order valence-electron chi connectivity index (χ1n) is 6.66. The molecule has 0 spiro atoms. The molecular weight excluding hydrogens is 427 g/mol. The van der Waals surface area contributed by atoms with E-state index < -0.39 is 5.91 Å². The molecule has 0 atom stereocenters. The van der Waals surface area contributed by atoms with Crippen molar-refractivity contribution < 1.29 is 9.42 Å². The lowest BCUT2D eigenvalue weighted by Gasteiger charge is -1.99. The molecule has 3 rings (SSSR count). The van der Waals surface area contributed by atoms with Gasteiger partial charge >= 0.3 is 0 Å². The highest BCUT2D eigenvalue weighted by atomic mass is 127. The molecule has 0 aliphatic carbocycles. The minimum atomic E-state index is -0.504. The summed E-state index contributed by atoms with van der Waals surface area (Å²) >= 11 is 2.20. The first-order valence-corrected chi connectivity index (χ1v) is 7.74. The van der Waals surface area contributed by atoms with Crippen molar-refractivity contribution in [2.45, 2.75) is 6.92 Å². The lowest BCUT2D eigenvalue weighted by Crippen LogP contribution is -2.19. The Hall–Kier alpha value is -2.83. The zero-order chi connectivity index (χ0) is 17.1. The Morgan fingerprint density at radius 3 is 3.00 bits per heavy atom. The number of rotatable bonds is 4. The van der Waals surface area contributed by atoms with Gasteiger partial charge in [0.1, 0.15) is 0 Å². The van der Waals surface area contributed by atoms with Crippen LogP contribution in [0.3, 0.4) is 0 Å². The molecule has 0 aliphatic heterocycles. The molecule has 0 bridgehead atoms. The van der Waals surface area contributed by atoms with Gasteiger partial charge in [-0.1, -0.05) is 17.3 Å². The van der Waals surface area contributed by atoms with Crippen LogP contribution in [0.15, 0.2) is 34.0 Å².